The van der Waals surface area contributed by atoms with E-state index in [1.165, 1.54) is 6.20 Å². The molecular weight excluding hydrogens is 207 g/mol. The van der Waals surface area contributed by atoms with Gasteiger partial charge in [-0.3, -0.25) is 4.90 Å². The van der Waals surface area contributed by atoms with Crippen molar-refractivity contribution in [2.24, 2.45) is 0 Å². The largest absolute Gasteiger partial charge is 0.504 e. The van der Waals surface area contributed by atoms with Gasteiger partial charge in [-0.25, -0.2) is 0 Å². The summed E-state index contributed by atoms with van der Waals surface area (Å²) in [5.41, 5.74) is 0.956. The molecule has 0 unspecified atom stereocenters. The maximum atomic E-state index is 12.5. The van der Waals surface area contributed by atoms with Crippen LogP contribution in [0.5, 0.6) is 0 Å². The first-order valence-corrected chi connectivity index (χ1v) is 4.76. The quantitative estimate of drug-likeness (QED) is 0.721. The summed E-state index contributed by atoms with van der Waals surface area (Å²) < 4.78 is 37.6. The van der Waals surface area contributed by atoms with Crippen molar-refractivity contribution in [3.8, 4) is 0 Å². The molecule has 84 valence electrons. The van der Waals surface area contributed by atoms with Gasteiger partial charge in [-0.2, -0.15) is 9.78 Å². The second-order valence-electron chi connectivity index (χ2n) is 3.99. The summed E-state index contributed by atoms with van der Waals surface area (Å²) in [5.74, 6) is 0. The van der Waals surface area contributed by atoms with E-state index in [-0.39, 0.29) is 16.4 Å². The lowest BCUT2D eigenvalue weighted by atomic mass is 10.3. The van der Waals surface area contributed by atoms with Crippen molar-refractivity contribution in [3.63, 3.8) is 0 Å². The highest BCUT2D eigenvalue weighted by molar-refractivity contribution is 5.22. The molecule has 2 heterocycles. The zero-order valence-corrected chi connectivity index (χ0v) is 8.54. The Morgan fingerprint density at radius 3 is 2.53 bits per heavy atom. The highest BCUT2D eigenvalue weighted by atomic mass is 19.4. The zero-order chi connectivity index (χ0) is 11.2. The smallest absolute Gasteiger partial charge is 0.291 e. The van der Waals surface area contributed by atoms with Crippen LogP contribution >= 0.6 is 0 Å². The minimum atomic E-state index is -4.40. The predicted octanol–water partition coefficient (Wildman–Crippen LogP) is 2.08. The monoisotopic (exact) mass is 219 g/mol. The molecule has 0 aliphatic carbocycles. The molecule has 0 spiro atoms. The molecule has 1 aliphatic heterocycles. The van der Waals surface area contributed by atoms with Gasteiger partial charge in [0.25, 0.3) is 0 Å². The lowest BCUT2D eigenvalue weighted by molar-refractivity contribution is -0.214. The standard InChI is InChI=1S/C9H12F3N3/c1-6(2)14-4-7-3-13-15(8(7)5-14)9(10,11)12/h3,6H,4-5H2,1-2H3. The zero-order valence-electron chi connectivity index (χ0n) is 8.54. The van der Waals surface area contributed by atoms with E-state index in [0.717, 1.165) is 0 Å². The SMILES string of the molecule is CC(C)N1Cc2cnn(C(F)(F)F)c2C1. The van der Waals surface area contributed by atoms with Crippen LogP contribution in [0, 0.1) is 0 Å². The molecule has 1 aromatic heterocycles. The van der Waals surface area contributed by atoms with E-state index in [0.29, 0.717) is 18.7 Å². The number of alkyl halides is 3. The Morgan fingerprint density at radius 1 is 1.33 bits per heavy atom. The molecule has 15 heavy (non-hydrogen) atoms. The van der Waals surface area contributed by atoms with Crippen molar-refractivity contribution in [3.05, 3.63) is 17.5 Å². The molecule has 1 aliphatic rings. The fourth-order valence-corrected chi connectivity index (χ4v) is 1.76. The third-order valence-corrected chi connectivity index (χ3v) is 2.65. The molecule has 6 heteroatoms. The Balaban J connectivity index is 2.29. The number of hydrogen-bond donors (Lipinski definition) is 0. The number of halogens is 3. The summed E-state index contributed by atoms with van der Waals surface area (Å²) in [6.45, 7) is 4.82. The average molecular weight is 219 g/mol. The normalized spacial score (nSPS) is 17.5. The fraction of sp³-hybridized carbons (Fsp3) is 0.667. The van der Waals surface area contributed by atoms with Crippen LogP contribution in [0.15, 0.2) is 6.20 Å². The highest BCUT2D eigenvalue weighted by Gasteiger charge is 2.38. The van der Waals surface area contributed by atoms with Crippen molar-refractivity contribution in [1.82, 2.24) is 14.7 Å². The molecular formula is C9H12F3N3. The minimum Gasteiger partial charge on any atom is -0.291 e. The van der Waals surface area contributed by atoms with Crippen LogP contribution in [0.3, 0.4) is 0 Å². The molecule has 2 rings (SSSR count). The summed E-state index contributed by atoms with van der Waals surface area (Å²) in [5, 5.41) is 3.37. The van der Waals surface area contributed by atoms with E-state index in [2.05, 4.69) is 5.10 Å². The van der Waals surface area contributed by atoms with E-state index in [1.54, 1.807) is 0 Å². The fourth-order valence-electron chi connectivity index (χ4n) is 1.76. The van der Waals surface area contributed by atoms with Crippen molar-refractivity contribution in [1.29, 1.82) is 0 Å². The Kier molecular flexibility index (Phi) is 2.26. The maximum absolute atomic E-state index is 12.5. The number of rotatable bonds is 1. The van der Waals surface area contributed by atoms with Gasteiger partial charge < -0.3 is 0 Å². The summed E-state index contributed by atoms with van der Waals surface area (Å²) in [6, 6.07) is 0.249. The Bertz CT molecular complexity index is 367. The lowest BCUT2D eigenvalue weighted by Crippen LogP contribution is -2.27. The van der Waals surface area contributed by atoms with Crippen molar-refractivity contribution in [2.45, 2.75) is 39.3 Å². The van der Waals surface area contributed by atoms with Gasteiger partial charge in [0.15, 0.2) is 0 Å². The second kappa shape index (κ2) is 3.23. The molecule has 0 amide bonds. The van der Waals surface area contributed by atoms with E-state index >= 15 is 0 Å². The molecule has 1 aromatic rings. The molecule has 0 saturated heterocycles. The first-order chi connectivity index (χ1) is 6.89. The molecule has 3 nitrogen and oxygen atoms in total. The number of nitrogens with zero attached hydrogens (tertiary/aromatic N) is 3. The number of hydrogen-bond acceptors (Lipinski definition) is 2. The van der Waals surface area contributed by atoms with Gasteiger partial charge >= 0.3 is 6.30 Å². The number of fused-ring (bicyclic) bond motifs is 1. The Hall–Kier alpha value is -1.04. The van der Waals surface area contributed by atoms with Crippen LogP contribution in [0.25, 0.3) is 0 Å². The Morgan fingerprint density at radius 2 is 2.00 bits per heavy atom. The summed E-state index contributed by atoms with van der Waals surface area (Å²) in [6.07, 6.45) is -3.09. The van der Waals surface area contributed by atoms with Gasteiger partial charge in [-0.1, -0.05) is 0 Å². The van der Waals surface area contributed by atoms with Crippen molar-refractivity contribution < 1.29 is 13.2 Å². The molecule has 0 radical (unpaired) electrons. The van der Waals surface area contributed by atoms with Crippen LogP contribution in [-0.2, 0) is 19.4 Å². The third-order valence-electron chi connectivity index (χ3n) is 2.65. The van der Waals surface area contributed by atoms with Crippen LogP contribution in [0.2, 0.25) is 0 Å². The molecule has 0 atom stereocenters. The van der Waals surface area contributed by atoms with Gasteiger partial charge in [0.05, 0.1) is 11.9 Å². The van der Waals surface area contributed by atoms with Gasteiger partial charge in [0.1, 0.15) is 0 Å². The first kappa shape index (κ1) is 10.5. The van der Waals surface area contributed by atoms with E-state index in [1.807, 2.05) is 18.7 Å². The van der Waals surface area contributed by atoms with Crippen LogP contribution in [0.4, 0.5) is 13.2 Å². The molecule has 0 bridgehead atoms. The van der Waals surface area contributed by atoms with Crippen molar-refractivity contribution in [2.75, 3.05) is 0 Å². The minimum absolute atomic E-state index is 0.171. The van der Waals surface area contributed by atoms with Gasteiger partial charge in [0.2, 0.25) is 0 Å². The van der Waals surface area contributed by atoms with E-state index < -0.39 is 6.30 Å². The van der Waals surface area contributed by atoms with E-state index in [9.17, 15) is 13.2 Å². The summed E-state index contributed by atoms with van der Waals surface area (Å²) in [7, 11) is 0. The van der Waals surface area contributed by atoms with Gasteiger partial charge in [-0.15, -0.1) is 13.2 Å². The number of aromatic nitrogens is 2. The predicted molar refractivity (Wildman–Crippen MR) is 47.9 cm³/mol. The molecule has 0 N–H and O–H groups in total. The highest BCUT2D eigenvalue weighted by Crippen LogP contribution is 2.30. The van der Waals surface area contributed by atoms with Gasteiger partial charge in [0, 0.05) is 24.7 Å². The maximum Gasteiger partial charge on any atom is 0.504 e. The van der Waals surface area contributed by atoms with Crippen LogP contribution in [0.1, 0.15) is 25.1 Å². The lowest BCUT2D eigenvalue weighted by Gasteiger charge is -2.20. The van der Waals surface area contributed by atoms with Crippen LogP contribution in [-0.4, -0.2) is 20.7 Å². The second-order valence-corrected chi connectivity index (χ2v) is 3.99. The summed E-state index contributed by atoms with van der Waals surface area (Å²) >= 11 is 0. The molecule has 0 saturated carbocycles. The molecule has 0 fully saturated rings. The summed E-state index contributed by atoms with van der Waals surface area (Å²) in [4.78, 5) is 1.98. The molecule has 0 aromatic carbocycles. The topological polar surface area (TPSA) is 21.1 Å². The first-order valence-electron chi connectivity index (χ1n) is 4.76. The third kappa shape index (κ3) is 1.73. The van der Waals surface area contributed by atoms with E-state index in [4.69, 9.17) is 0 Å². The average Bonchev–Trinajstić information content (AvgIpc) is 2.56. The van der Waals surface area contributed by atoms with Crippen molar-refractivity contribution >= 4 is 0 Å². The Labute approximate surface area is 85.5 Å². The van der Waals surface area contributed by atoms with Crippen LogP contribution < -0.4 is 0 Å². The van der Waals surface area contributed by atoms with Gasteiger partial charge in [-0.05, 0) is 13.8 Å².